The Kier molecular flexibility index (Phi) is 8.75. The minimum Gasteiger partial charge on any atom is -0.491 e. The molecule has 1 aromatic carbocycles. The molecule has 0 unspecified atom stereocenters. The Morgan fingerprint density at radius 3 is 2.24 bits per heavy atom. The van der Waals surface area contributed by atoms with E-state index in [4.69, 9.17) is 4.74 Å². The number of fused-ring (bicyclic) bond motifs is 1. The Labute approximate surface area is 189 Å². The van der Waals surface area contributed by atoms with E-state index in [1.807, 2.05) is 0 Å². The van der Waals surface area contributed by atoms with Crippen LogP contribution in [-0.2, 0) is 25.2 Å². The van der Waals surface area contributed by atoms with E-state index in [1.165, 1.54) is 13.2 Å². The van der Waals surface area contributed by atoms with Crippen molar-refractivity contribution in [2.45, 2.75) is 31.5 Å². The molecule has 0 saturated heterocycles. The van der Waals surface area contributed by atoms with Gasteiger partial charge in [-0.1, -0.05) is 0 Å². The third kappa shape index (κ3) is 5.78. The minimum absolute atomic E-state index is 0.0322. The molecule has 180 valence electrons. The van der Waals surface area contributed by atoms with Crippen molar-refractivity contribution < 1.29 is 32.2 Å². The van der Waals surface area contributed by atoms with Crippen molar-refractivity contribution >= 4 is 29.4 Å². The van der Waals surface area contributed by atoms with Crippen LogP contribution in [0.25, 0.3) is 11.0 Å². The van der Waals surface area contributed by atoms with Gasteiger partial charge in [0.1, 0.15) is 0 Å². The monoisotopic (exact) mass is 468 g/mol. The first-order valence-corrected chi connectivity index (χ1v) is 10.1. The maximum atomic E-state index is 13.3. The first-order valence-electron chi connectivity index (χ1n) is 10.1. The zero-order chi connectivity index (χ0) is 24.8. The molecular formula is C22H27F3N4O4. The summed E-state index contributed by atoms with van der Waals surface area (Å²) in [5, 5.41) is 0. The maximum absolute atomic E-state index is 13.3. The van der Waals surface area contributed by atoms with Gasteiger partial charge in [0.2, 0.25) is 0 Å². The van der Waals surface area contributed by atoms with E-state index in [2.05, 4.69) is 14.7 Å². The highest BCUT2D eigenvalue weighted by molar-refractivity contribution is 6.01. The molecule has 0 bridgehead atoms. The molecule has 33 heavy (non-hydrogen) atoms. The minimum atomic E-state index is -4.48. The van der Waals surface area contributed by atoms with E-state index in [0.29, 0.717) is 29.4 Å². The second-order valence-corrected chi connectivity index (χ2v) is 7.52. The largest absolute Gasteiger partial charge is 0.491 e. The topological polar surface area (TPSA) is 86.0 Å². The Hall–Kier alpha value is -3.21. The molecule has 1 heterocycles. The number of ether oxygens (including phenoxy) is 2. The summed E-state index contributed by atoms with van der Waals surface area (Å²) in [6, 6.07) is 3.37. The summed E-state index contributed by atoms with van der Waals surface area (Å²) < 4.78 is 50.7. The number of aldehydes is 2. The maximum Gasteiger partial charge on any atom is 0.416 e. The molecule has 8 nitrogen and oxygen atoms in total. The molecule has 3 rings (SSSR count). The van der Waals surface area contributed by atoms with Gasteiger partial charge in [0, 0.05) is 34.4 Å². The lowest BCUT2D eigenvalue weighted by Gasteiger charge is -2.30. The number of aromatic nitrogens is 2. The number of alkyl halides is 3. The van der Waals surface area contributed by atoms with Crippen molar-refractivity contribution in [3.05, 3.63) is 41.0 Å². The second kappa shape index (κ2) is 11.1. The lowest BCUT2D eigenvalue weighted by molar-refractivity contribution is -0.137. The number of hydrogen-bond donors (Lipinski definition) is 0. The molecule has 11 heteroatoms. The van der Waals surface area contributed by atoms with E-state index >= 15 is 0 Å². The van der Waals surface area contributed by atoms with E-state index in [0.717, 1.165) is 31.4 Å². The van der Waals surface area contributed by atoms with Crippen LogP contribution in [0, 0.1) is 0 Å². The van der Waals surface area contributed by atoms with Gasteiger partial charge in [-0.15, -0.1) is 0 Å². The Bertz CT molecular complexity index is 1050. The van der Waals surface area contributed by atoms with Crippen molar-refractivity contribution in [2.75, 3.05) is 35.4 Å². The van der Waals surface area contributed by atoms with Gasteiger partial charge in [-0.25, -0.2) is 9.98 Å². The van der Waals surface area contributed by atoms with E-state index < -0.39 is 11.7 Å². The van der Waals surface area contributed by atoms with Crippen molar-refractivity contribution in [3.8, 4) is 0 Å². The van der Waals surface area contributed by atoms with Gasteiger partial charge >= 0.3 is 6.18 Å². The molecule has 0 amide bonds. The molecule has 0 atom stereocenters. The average Bonchev–Trinajstić information content (AvgIpc) is 3.07. The molecule has 1 aliphatic rings. The van der Waals surface area contributed by atoms with Crippen LogP contribution >= 0.6 is 0 Å². The molecule has 1 saturated carbocycles. The van der Waals surface area contributed by atoms with Gasteiger partial charge in [-0.05, 0) is 37.5 Å². The van der Waals surface area contributed by atoms with E-state index in [1.54, 1.807) is 37.8 Å². The number of benzene rings is 1. The first kappa shape index (κ1) is 26.0. The van der Waals surface area contributed by atoms with Crippen LogP contribution in [-0.4, -0.2) is 68.3 Å². The fourth-order valence-corrected chi connectivity index (χ4v) is 3.26. The fourth-order valence-electron chi connectivity index (χ4n) is 3.26. The van der Waals surface area contributed by atoms with Crippen LogP contribution < -0.4 is 0 Å². The number of carbonyl (C=O) groups is 2. The smallest absolute Gasteiger partial charge is 0.416 e. The summed E-state index contributed by atoms with van der Waals surface area (Å²) in [4.78, 5) is 33.0. The Balaban J connectivity index is 0.00000122. The summed E-state index contributed by atoms with van der Waals surface area (Å²) in [6.45, 7) is 0. The van der Waals surface area contributed by atoms with Crippen LogP contribution in [0.2, 0.25) is 0 Å². The van der Waals surface area contributed by atoms with Gasteiger partial charge in [0.05, 0.1) is 23.7 Å². The lowest BCUT2D eigenvalue weighted by atomic mass is 9.92. The highest BCUT2D eigenvalue weighted by Crippen LogP contribution is 2.38. The first-order chi connectivity index (χ1) is 15.6. The number of imidazole rings is 1. The predicted molar refractivity (Wildman–Crippen MR) is 117 cm³/mol. The zero-order valence-corrected chi connectivity index (χ0v) is 19.1. The standard InChI is InChI=1S/C20H21F3N4O3.C2H6O/c1-26(2)18(25-15(10-28)17(11-29)30-3)19-24-14-8-7-12(20(21,22)23)9-16(14)27(19)13-5-4-6-13;1-3-2/h7-11,13H,4-6H2,1-3H3;1-2H3/b17-15+,25-18?;. The predicted octanol–water partition coefficient (Wildman–Crippen LogP) is 3.61. The highest BCUT2D eigenvalue weighted by Gasteiger charge is 2.33. The number of rotatable bonds is 6. The zero-order valence-electron chi connectivity index (χ0n) is 19.1. The number of halogens is 3. The van der Waals surface area contributed by atoms with Gasteiger partial charge in [-0.2, -0.15) is 13.2 Å². The fraction of sp³-hybridized carbons (Fsp3) is 0.455. The van der Waals surface area contributed by atoms with Gasteiger partial charge in [-0.3, -0.25) is 9.59 Å². The van der Waals surface area contributed by atoms with E-state index in [-0.39, 0.29) is 23.3 Å². The van der Waals surface area contributed by atoms with Crippen molar-refractivity contribution in [2.24, 2.45) is 4.99 Å². The second-order valence-electron chi connectivity index (χ2n) is 7.52. The SMILES string of the molecule is CO/C(C=O)=C(\C=O)N=C(c1nc2ccc(C(F)(F)F)cc2n1C1CCC1)N(C)C.COC. The molecular weight excluding hydrogens is 441 g/mol. The number of methoxy groups -OCH3 is 2. The number of allylic oxidation sites excluding steroid dienone is 2. The van der Waals surface area contributed by atoms with Crippen molar-refractivity contribution in [3.63, 3.8) is 0 Å². The summed E-state index contributed by atoms with van der Waals surface area (Å²) in [5.41, 5.74) is -0.266. The molecule has 2 aromatic rings. The number of aliphatic imine (C=N–C) groups is 1. The van der Waals surface area contributed by atoms with Crippen molar-refractivity contribution in [1.29, 1.82) is 0 Å². The molecule has 0 aliphatic heterocycles. The Morgan fingerprint density at radius 1 is 1.18 bits per heavy atom. The molecule has 1 aliphatic carbocycles. The highest BCUT2D eigenvalue weighted by atomic mass is 19.4. The molecule has 1 aromatic heterocycles. The Morgan fingerprint density at radius 2 is 1.82 bits per heavy atom. The lowest BCUT2D eigenvalue weighted by Crippen LogP contribution is -2.30. The molecule has 1 fully saturated rings. The summed E-state index contributed by atoms with van der Waals surface area (Å²) in [6.07, 6.45) is -1.19. The number of hydrogen-bond acceptors (Lipinski definition) is 6. The van der Waals surface area contributed by atoms with Crippen LogP contribution in [0.4, 0.5) is 13.2 Å². The summed E-state index contributed by atoms with van der Waals surface area (Å²) in [5.74, 6) is 0.292. The van der Waals surface area contributed by atoms with Gasteiger partial charge in [0.25, 0.3) is 0 Å². The summed E-state index contributed by atoms with van der Waals surface area (Å²) in [7, 11) is 7.82. The van der Waals surface area contributed by atoms with E-state index in [9.17, 15) is 22.8 Å². The molecule has 0 spiro atoms. The van der Waals surface area contributed by atoms with Crippen LogP contribution in [0.15, 0.2) is 34.6 Å². The number of amidine groups is 1. The molecule has 0 N–H and O–H groups in total. The molecule has 0 radical (unpaired) electrons. The van der Waals surface area contributed by atoms with Gasteiger partial charge in [0.15, 0.2) is 35.7 Å². The third-order valence-corrected chi connectivity index (χ3v) is 5.00. The average molecular weight is 468 g/mol. The van der Waals surface area contributed by atoms with Gasteiger partial charge < -0.3 is 18.9 Å². The third-order valence-electron chi connectivity index (χ3n) is 5.00. The number of nitrogens with zero attached hydrogens (tertiary/aromatic N) is 4. The van der Waals surface area contributed by atoms with Crippen LogP contribution in [0.3, 0.4) is 0 Å². The quantitative estimate of drug-likeness (QED) is 0.212. The normalized spacial score (nSPS) is 15.2. The summed E-state index contributed by atoms with van der Waals surface area (Å²) >= 11 is 0. The van der Waals surface area contributed by atoms with Crippen LogP contribution in [0.1, 0.15) is 36.7 Å². The van der Waals surface area contributed by atoms with Crippen molar-refractivity contribution in [1.82, 2.24) is 14.5 Å². The van der Waals surface area contributed by atoms with Crippen LogP contribution in [0.5, 0.6) is 0 Å². The number of carbonyl (C=O) groups excluding carboxylic acids is 2.